The summed E-state index contributed by atoms with van der Waals surface area (Å²) in [6.45, 7) is 2.14. The van der Waals surface area contributed by atoms with E-state index in [9.17, 15) is 0 Å². The van der Waals surface area contributed by atoms with Gasteiger partial charge in [-0.3, -0.25) is 0 Å². The third-order valence-electron chi connectivity index (χ3n) is 3.38. The van der Waals surface area contributed by atoms with Crippen molar-refractivity contribution in [3.63, 3.8) is 0 Å². The van der Waals surface area contributed by atoms with Crippen molar-refractivity contribution in [2.45, 2.75) is 11.8 Å². The van der Waals surface area contributed by atoms with Crippen LogP contribution in [0.25, 0.3) is 0 Å². The van der Waals surface area contributed by atoms with Crippen molar-refractivity contribution in [2.24, 2.45) is 5.73 Å². The Labute approximate surface area is 102 Å². The summed E-state index contributed by atoms with van der Waals surface area (Å²) in [5.74, 6) is 1.51. The molecule has 1 heterocycles. The number of benzene rings is 1. The van der Waals surface area contributed by atoms with Crippen LogP contribution in [0.4, 0.5) is 0 Å². The molecule has 0 amide bonds. The molecule has 0 bridgehead atoms. The molecule has 0 aliphatic carbocycles. The predicted molar refractivity (Wildman–Crippen MR) is 65.7 cm³/mol. The van der Waals surface area contributed by atoms with Crippen molar-refractivity contribution in [3.05, 3.63) is 23.8 Å². The minimum atomic E-state index is 0.0638. The molecular formula is C13H19NO3. The summed E-state index contributed by atoms with van der Waals surface area (Å²) in [6, 6.07) is 6.03. The number of hydrogen-bond donors (Lipinski definition) is 1. The van der Waals surface area contributed by atoms with E-state index in [0.29, 0.717) is 6.54 Å². The van der Waals surface area contributed by atoms with Gasteiger partial charge >= 0.3 is 0 Å². The molecule has 0 atom stereocenters. The second-order valence-corrected chi connectivity index (χ2v) is 4.38. The van der Waals surface area contributed by atoms with Crippen molar-refractivity contribution < 1.29 is 14.2 Å². The highest BCUT2D eigenvalue weighted by atomic mass is 16.5. The highest BCUT2D eigenvalue weighted by molar-refractivity contribution is 5.45. The zero-order valence-corrected chi connectivity index (χ0v) is 10.4. The molecule has 1 saturated heterocycles. The minimum absolute atomic E-state index is 0.0638. The molecular weight excluding hydrogens is 218 g/mol. The van der Waals surface area contributed by atoms with E-state index in [4.69, 9.17) is 19.9 Å². The fourth-order valence-corrected chi connectivity index (χ4v) is 2.25. The fourth-order valence-electron chi connectivity index (χ4n) is 2.25. The van der Waals surface area contributed by atoms with Crippen LogP contribution in [0.1, 0.15) is 12.0 Å². The molecule has 1 aliphatic rings. The molecule has 2 N–H and O–H groups in total. The zero-order valence-electron chi connectivity index (χ0n) is 10.4. The largest absolute Gasteiger partial charge is 0.493 e. The van der Waals surface area contributed by atoms with E-state index in [-0.39, 0.29) is 5.41 Å². The zero-order chi connectivity index (χ0) is 12.3. The third-order valence-corrected chi connectivity index (χ3v) is 3.38. The number of hydrogen-bond acceptors (Lipinski definition) is 4. The lowest BCUT2D eigenvalue weighted by molar-refractivity contribution is -0.0631. The number of methoxy groups -OCH3 is 2. The van der Waals surface area contributed by atoms with Gasteiger partial charge in [0.2, 0.25) is 0 Å². The van der Waals surface area contributed by atoms with Crippen molar-refractivity contribution >= 4 is 0 Å². The van der Waals surface area contributed by atoms with Crippen LogP contribution in [-0.4, -0.2) is 34.0 Å². The molecule has 4 nitrogen and oxygen atoms in total. The summed E-state index contributed by atoms with van der Waals surface area (Å²) in [6.07, 6.45) is 0.933. The van der Waals surface area contributed by atoms with E-state index in [1.807, 2.05) is 12.1 Å². The van der Waals surface area contributed by atoms with Crippen molar-refractivity contribution in [2.75, 3.05) is 34.0 Å². The predicted octanol–water partition coefficient (Wildman–Crippen LogP) is 1.32. The Morgan fingerprint density at radius 1 is 1.24 bits per heavy atom. The van der Waals surface area contributed by atoms with Crippen LogP contribution in [0.5, 0.6) is 11.5 Å². The van der Waals surface area contributed by atoms with Gasteiger partial charge in [-0.05, 0) is 30.7 Å². The summed E-state index contributed by atoms with van der Waals surface area (Å²) in [5, 5.41) is 0. The van der Waals surface area contributed by atoms with E-state index in [1.54, 1.807) is 14.2 Å². The molecule has 0 unspecified atom stereocenters. The van der Waals surface area contributed by atoms with Crippen LogP contribution >= 0.6 is 0 Å². The van der Waals surface area contributed by atoms with Crippen LogP contribution in [0, 0.1) is 0 Å². The van der Waals surface area contributed by atoms with Crippen molar-refractivity contribution in [3.8, 4) is 11.5 Å². The van der Waals surface area contributed by atoms with Gasteiger partial charge in [0.05, 0.1) is 27.4 Å². The molecule has 0 saturated carbocycles. The molecule has 17 heavy (non-hydrogen) atoms. The van der Waals surface area contributed by atoms with E-state index in [1.165, 1.54) is 5.56 Å². The fraction of sp³-hybridized carbons (Fsp3) is 0.538. The Bertz CT molecular complexity index is 388. The van der Waals surface area contributed by atoms with Gasteiger partial charge in [-0.1, -0.05) is 6.07 Å². The number of nitrogens with two attached hydrogens (primary N) is 1. The van der Waals surface area contributed by atoms with Crippen molar-refractivity contribution in [1.29, 1.82) is 0 Å². The molecule has 0 radical (unpaired) electrons. The van der Waals surface area contributed by atoms with Crippen LogP contribution in [0.15, 0.2) is 18.2 Å². The molecule has 0 spiro atoms. The van der Waals surface area contributed by atoms with Gasteiger partial charge in [-0.25, -0.2) is 0 Å². The first kappa shape index (κ1) is 12.2. The van der Waals surface area contributed by atoms with Crippen LogP contribution in [0.2, 0.25) is 0 Å². The number of ether oxygens (including phenoxy) is 3. The lowest BCUT2D eigenvalue weighted by atomic mass is 9.76. The van der Waals surface area contributed by atoms with Crippen LogP contribution < -0.4 is 15.2 Å². The highest BCUT2D eigenvalue weighted by Crippen LogP contribution is 2.39. The smallest absolute Gasteiger partial charge is 0.161 e. The molecule has 1 aliphatic heterocycles. The topological polar surface area (TPSA) is 53.7 Å². The maximum atomic E-state index is 5.68. The normalized spacial score (nSPS) is 17.4. The molecule has 1 aromatic carbocycles. The number of rotatable bonds is 5. The maximum absolute atomic E-state index is 5.68. The summed E-state index contributed by atoms with van der Waals surface area (Å²) in [5.41, 5.74) is 6.96. The molecule has 4 heteroatoms. The molecule has 2 rings (SSSR count). The van der Waals surface area contributed by atoms with E-state index in [2.05, 4.69) is 6.07 Å². The standard InChI is InChI=1S/C13H19NO3/c1-15-11-4-3-10(7-12(11)16-2)13(5-6-14)8-17-9-13/h3-4,7H,5-6,8-9,14H2,1-2H3. The Hall–Kier alpha value is -1.26. The van der Waals surface area contributed by atoms with Gasteiger partial charge in [-0.2, -0.15) is 0 Å². The Morgan fingerprint density at radius 2 is 1.94 bits per heavy atom. The van der Waals surface area contributed by atoms with Gasteiger partial charge in [-0.15, -0.1) is 0 Å². The average molecular weight is 237 g/mol. The van der Waals surface area contributed by atoms with Gasteiger partial charge in [0, 0.05) is 5.41 Å². The second kappa shape index (κ2) is 4.94. The van der Waals surface area contributed by atoms with Gasteiger partial charge in [0.15, 0.2) is 11.5 Å². The van der Waals surface area contributed by atoms with Gasteiger partial charge in [0.25, 0.3) is 0 Å². The molecule has 1 fully saturated rings. The lowest BCUT2D eigenvalue weighted by Crippen LogP contribution is -2.48. The van der Waals surface area contributed by atoms with Crippen molar-refractivity contribution in [1.82, 2.24) is 0 Å². The lowest BCUT2D eigenvalue weighted by Gasteiger charge is -2.42. The van der Waals surface area contributed by atoms with Gasteiger partial charge < -0.3 is 19.9 Å². The maximum Gasteiger partial charge on any atom is 0.161 e. The minimum Gasteiger partial charge on any atom is -0.493 e. The average Bonchev–Trinajstić information content (AvgIpc) is 2.33. The Morgan fingerprint density at radius 3 is 2.41 bits per heavy atom. The van der Waals surface area contributed by atoms with E-state index >= 15 is 0 Å². The summed E-state index contributed by atoms with van der Waals surface area (Å²) in [7, 11) is 3.29. The van der Waals surface area contributed by atoms with Crippen LogP contribution in [-0.2, 0) is 10.2 Å². The first-order chi connectivity index (χ1) is 8.25. The summed E-state index contributed by atoms with van der Waals surface area (Å²) >= 11 is 0. The Balaban J connectivity index is 2.32. The highest BCUT2D eigenvalue weighted by Gasteiger charge is 2.39. The summed E-state index contributed by atoms with van der Waals surface area (Å²) < 4.78 is 15.9. The van der Waals surface area contributed by atoms with E-state index in [0.717, 1.165) is 31.1 Å². The SMILES string of the molecule is COc1ccc(C2(CCN)COC2)cc1OC. The Kier molecular flexibility index (Phi) is 3.54. The van der Waals surface area contributed by atoms with Gasteiger partial charge in [0.1, 0.15) is 0 Å². The molecule has 94 valence electrons. The van der Waals surface area contributed by atoms with E-state index < -0.39 is 0 Å². The molecule has 1 aromatic rings. The third kappa shape index (κ3) is 2.10. The quantitative estimate of drug-likeness (QED) is 0.839. The first-order valence-electron chi connectivity index (χ1n) is 5.76. The molecule has 0 aromatic heterocycles. The monoisotopic (exact) mass is 237 g/mol. The summed E-state index contributed by atoms with van der Waals surface area (Å²) in [4.78, 5) is 0. The van der Waals surface area contributed by atoms with Crippen LogP contribution in [0.3, 0.4) is 0 Å². The first-order valence-corrected chi connectivity index (χ1v) is 5.76. The second-order valence-electron chi connectivity index (χ2n) is 4.38.